The van der Waals surface area contributed by atoms with Gasteiger partial charge in [-0.2, -0.15) is 13.2 Å². The molecule has 0 spiro atoms. The van der Waals surface area contributed by atoms with Crippen LogP contribution in [0.3, 0.4) is 0 Å². The van der Waals surface area contributed by atoms with Crippen molar-refractivity contribution in [2.45, 2.75) is 12.7 Å². The van der Waals surface area contributed by atoms with Gasteiger partial charge in [0.15, 0.2) is 6.61 Å². The average molecular weight is 361 g/mol. The number of ether oxygens (including phenoxy) is 1. The van der Waals surface area contributed by atoms with Crippen molar-refractivity contribution >= 4 is 22.9 Å². The number of rotatable bonds is 3. The fourth-order valence-electron chi connectivity index (χ4n) is 3.07. The molecule has 2 aromatic carbocycles. The van der Waals surface area contributed by atoms with Crippen molar-refractivity contribution in [1.82, 2.24) is 9.55 Å². The highest BCUT2D eigenvalue weighted by atomic mass is 19.4. The third-order valence-electron chi connectivity index (χ3n) is 4.27. The number of carbonyl (C=O) groups is 1. The van der Waals surface area contributed by atoms with Crippen LogP contribution in [0.15, 0.2) is 48.5 Å². The van der Waals surface area contributed by atoms with E-state index in [1.807, 2.05) is 28.8 Å². The Morgan fingerprint density at radius 2 is 1.81 bits per heavy atom. The molecule has 0 atom stereocenters. The molecule has 2 heterocycles. The first-order valence-corrected chi connectivity index (χ1v) is 8.00. The molecule has 0 aliphatic carbocycles. The van der Waals surface area contributed by atoms with Crippen LogP contribution in [0.5, 0.6) is 5.75 Å². The summed E-state index contributed by atoms with van der Waals surface area (Å²) in [5, 5.41) is 0. The number of anilines is 1. The number of benzene rings is 2. The van der Waals surface area contributed by atoms with Crippen LogP contribution in [0.1, 0.15) is 5.56 Å². The summed E-state index contributed by atoms with van der Waals surface area (Å²) in [7, 11) is 0. The molecule has 0 unspecified atom stereocenters. The Labute approximate surface area is 146 Å². The Morgan fingerprint density at radius 1 is 1.08 bits per heavy atom. The maximum absolute atomic E-state index is 13.0. The first-order chi connectivity index (χ1) is 12.4. The number of aromatic nitrogens is 2. The predicted octanol–water partition coefficient (Wildman–Crippen LogP) is 3.48. The number of hydrogen-bond donors (Lipinski definition) is 0. The van der Waals surface area contributed by atoms with Crippen molar-refractivity contribution in [3.8, 4) is 5.75 Å². The van der Waals surface area contributed by atoms with Crippen molar-refractivity contribution in [3.05, 3.63) is 54.1 Å². The van der Waals surface area contributed by atoms with E-state index in [1.165, 1.54) is 23.1 Å². The molecule has 5 nitrogen and oxygen atoms in total. The minimum atomic E-state index is -4.54. The maximum Gasteiger partial charge on any atom is 0.419 e. The fourth-order valence-corrected chi connectivity index (χ4v) is 3.07. The molecule has 0 radical (unpaired) electrons. The number of fused-ring (bicyclic) bond motifs is 3. The minimum Gasteiger partial charge on any atom is -0.483 e. The molecule has 134 valence electrons. The van der Waals surface area contributed by atoms with Gasteiger partial charge in [-0.15, -0.1) is 0 Å². The van der Waals surface area contributed by atoms with Crippen LogP contribution in [-0.4, -0.2) is 28.6 Å². The largest absolute Gasteiger partial charge is 0.483 e. The van der Waals surface area contributed by atoms with Crippen molar-refractivity contribution in [2.75, 3.05) is 18.1 Å². The lowest BCUT2D eigenvalue weighted by Crippen LogP contribution is -2.34. The lowest BCUT2D eigenvalue weighted by atomic mass is 10.2. The lowest BCUT2D eigenvalue weighted by Gasteiger charge is -2.16. The van der Waals surface area contributed by atoms with Gasteiger partial charge < -0.3 is 9.30 Å². The summed E-state index contributed by atoms with van der Waals surface area (Å²) in [6.07, 6.45) is -4.54. The first-order valence-electron chi connectivity index (χ1n) is 8.00. The molecular weight excluding hydrogens is 347 g/mol. The molecular formula is C18H14F3N3O2. The zero-order valence-electron chi connectivity index (χ0n) is 13.5. The highest BCUT2D eigenvalue weighted by molar-refractivity contribution is 5.95. The highest BCUT2D eigenvalue weighted by Gasteiger charge is 2.34. The number of amides is 1. The van der Waals surface area contributed by atoms with Gasteiger partial charge in [0.2, 0.25) is 5.95 Å². The summed E-state index contributed by atoms with van der Waals surface area (Å²) in [5.74, 6) is -0.305. The van der Waals surface area contributed by atoms with Crippen molar-refractivity contribution in [2.24, 2.45) is 0 Å². The number of imidazole rings is 1. The number of nitrogens with zero attached hydrogens (tertiary/aromatic N) is 3. The van der Waals surface area contributed by atoms with Crippen LogP contribution in [0.2, 0.25) is 0 Å². The summed E-state index contributed by atoms with van der Waals surface area (Å²) in [4.78, 5) is 18.4. The zero-order chi connectivity index (χ0) is 18.3. The number of halogens is 3. The van der Waals surface area contributed by atoms with Crippen molar-refractivity contribution in [1.29, 1.82) is 0 Å². The predicted molar refractivity (Wildman–Crippen MR) is 89.0 cm³/mol. The third kappa shape index (κ3) is 2.77. The Bertz CT molecular complexity index is 981. The minimum absolute atomic E-state index is 0.360. The van der Waals surface area contributed by atoms with Crippen LogP contribution in [0, 0.1) is 0 Å². The van der Waals surface area contributed by atoms with Gasteiger partial charge in [0.1, 0.15) is 5.75 Å². The summed E-state index contributed by atoms with van der Waals surface area (Å²) in [6, 6.07) is 12.3. The second-order valence-corrected chi connectivity index (χ2v) is 5.88. The topological polar surface area (TPSA) is 47.4 Å². The van der Waals surface area contributed by atoms with Crippen molar-refractivity contribution in [3.63, 3.8) is 0 Å². The summed E-state index contributed by atoms with van der Waals surface area (Å²) in [6.45, 7) is 0.507. The number of hydrogen-bond acceptors (Lipinski definition) is 3. The monoisotopic (exact) mass is 361 g/mol. The smallest absolute Gasteiger partial charge is 0.419 e. The molecule has 26 heavy (non-hydrogen) atoms. The van der Waals surface area contributed by atoms with Crippen LogP contribution in [-0.2, 0) is 17.5 Å². The zero-order valence-corrected chi connectivity index (χ0v) is 13.5. The van der Waals surface area contributed by atoms with E-state index in [0.29, 0.717) is 19.0 Å². The van der Waals surface area contributed by atoms with E-state index in [0.717, 1.165) is 17.1 Å². The SMILES string of the molecule is O=C(COc1ccccc1C(F)(F)F)N1CCn2c1nc1ccccc12. The molecule has 0 saturated carbocycles. The van der Waals surface area contributed by atoms with Crippen molar-refractivity contribution < 1.29 is 22.7 Å². The van der Waals surface area contributed by atoms with Gasteiger partial charge in [-0.05, 0) is 24.3 Å². The molecule has 3 aromatic rings. The highest BCUT2D eigenvalue weighted by Crippen LogP contribution is 2.36. The van der Waals surface area contributed by atoms with E-state index in [1.54, 1.807) is 0 Å². The van der Waals surface area contributed by atoms with E-state index in [9.17, 15) is 18.0 Å². The van der Waals surface area contributed by atoms with Gasteiger partial charge in [0.05, 0.1) is 16.6 Å². The Kier molecular flexibility index (Phi) is 3.82. The maximum atomic E-state index is 13.0. The molecule has 1 aliphatic heterocycles. The molecule has 0 bridgehead atoms. The van der Waals surface area contributed by atoms with E-state index < -0.39 is 24.3 Å². The van der Waals surface area contributed by atoms with Crippen LogP contribution in [0.4, 0.5) is 19.1 Å². The lowest BCUT2D eigenvalue weighted by molar-refractivity contribution is -0.139. The van der Waals surface area contributed by atoms with Crippen LogP contribution < -0.4 is 9.64 Å². The molecule has 4 rings (SSSR count). The Morgan fingerprint density at radius 3 is 2.62 bits per heavy atom. The number of carbonyl (C=O) groups excluding carboxylic acids is 1. The fraction of sp³-hybridized carbons (Fsp3) is 0.222. The second-order valence-electron chi connectivity index (χ2n) is 5.88. The summed E-state index contributed by atoms with van der Waals surface area (Å²) in [5.41, 5.74) is 0.783. The summed E-state index contributed by atoms with van der Waals surface area (Å²) < 4.78 is 46.1. The van der Waals surface area contributed by atoms with Gasteiger partial charge >= 0.3 is 6.18 Å². The molecule has 0 N–H and O–H groups in total. The Hall–Kier alpha value is -3.03. The van der Waals surface area contributed by atoms with Crippen LogP contribution in [0.25, 0.3) is 11.0 Å². The van der Waals surface area contributed by atoms with Crippen LogP contribution >= 0.6 is 0 Å². The van der Waals surface area contributed by atoms with Gasteiger partial charge in [-0.25, -0.2) is 4.98 Å². The Balaban J connectivity index is 1.53. The quantitative estimate of drug-likeness (QED) is 0.718. The van der Waals surface area contributed by atoms with E-state index >= 15 is 0 Å². The van der Waals surface area contributed by atoms with E-state index in [4.69, 9.17) is 4.74 Å². The van der Waals surface area contributed by atoms with Gasteiger partial charge in [-0.1, -0.05) is 24.3 Å². The molecule has 1 aliphatic rings. The van der Waals surface area contributed by atoms with Gasteiger partial charge in [0.25, 0.3) is 5.91 Å². The average Bonchev–Trinajstić information content (AvgIpc) is 3.18. The standard InChI is InChI=1S/C18H14F3N3O2/c19-18(20,21)12-5-1-4-8-15(12)26-11-16(25)24-10-9-23-14-7-3-2-6-13(14)22-17(23)24/h1-8H,9-11H2. The third-order valence-corrected chi connectivity index (χ3v) is 4.27. The van der Waals surface area contributed by atoms with E-state index in [2.05, 4.69) is 4.98 Å². The normalized spacial score (nSPS) is 13.9. The molecule has 8 heteroatoms. The molecule has 0 fully saturated rings. The molecule has 0 saturated heterocycles. The van der Waals surface area contributed by atoms with Gasteiger partial charge in [0, 0.05) is 13.1 Å². The molecule has 1 aromatic heterocycles. The number of alkyl halides is 3. The second kappa shape index (κ2) is 6.05. The first kappa shape index (κ1) is 16.4. The molecule has 1 amide bonds. The van der Waals surface area contributed by atoms with E-state index in [-0.39, 0.29) is 5.75 Å². The number of para-hydroxylation sites is 3. The van der Waals surface area contributed by atoms with Gasteiger partial charge in [-0.3, -0.25) is 9.69 Å². The summed E-state index contributed by atoms with van der Waals surface area (Å²) >= 11 is 0.